The van der Waals surface area contributed by atoms with E-state index in [1.54, 1.807) is 18.0 Å². The summed E-state index contributed by atoms with van der Waals surface area (Å²) in [7, 11) is 1.69. The molecule has 0 amide bonds. The van der Waals surface area contributed by atoms with Gasteiger partial charge in [-0.1, -0.05) is 30.3 Å². The normalized spacial score (nSPS) is 12.6. The van der Waals surface area contributed by atoms with Gasteiger partial charge in [-0.3, -0.25) is 0 Å². The Morgan fingerprint density at radius 2 is 2.16 bits per heavy atom. The fraction of sp³-hybridized carbons (Fsp3) is 0.429. The third-order valence-corrected chi connectivity index (χ3v) is 3.05. The largest absolute Gasteiger partial charge is 0.387 e. The Balaban J connectivity index is 2.28. The molecule has 0 bridgehead atoms. The second-order valence-corrected chi connectivity index (χ2v) is 4.38. The maximum atomic E-state index is 9.76. The summed E-state index contributed by atoms with van der Waals surface area (Å²) < 4.78 is 6.82. The second kappa shape index (κ2) is 6.45. The highest BCUT2D eigenvalue weighted by molar-refractivity contribution is 5.40. The van der Waals surface area contributed by atoms with Crippen LogP contribution in [0.3, 0.4) is 0 Å². The van der Waals surface area contributed by atoms with E-state index in [9.17, 15) is 5.11 Å². The van der Waals surface area contributed by atoms with Gasteiger partial charge in [0.2, 0.25) is 0 Å². The predicted octanol–water partition coefficient (Wildman–Crippen LogP) is 1.90. The van der Waals surface area contributed by atoms with Crippen LogP contribution in [0.15, 0.2) is 30.5 Å². The number of aliphatic hydroxyl groups excluding tert-OH is 1. The predicted molar refractivity (Wildman–Crippen MR) is 72.2 cm³/mol. The van der Waals surface area contributed by atoms with E-state index in [0.29, 0.717) is 18.7 Å². The molecule has 5 nitrogen and oxygen atoms in total. The topological polar surface area (TPSA) is 60.2 Å². The number of ether oxygens (including phenoxy) is 1. The van der Waals surface area contributed by atoms with E-state index in [-0.39, 0.29) is 0 Å². The molecule has 1 aromatic heterocycles. The number of aliphatic hydroxyl groups is 1. The Kier molecular flexibility index (Phi) is 4.65. The first-order valence-electron chi connectivity index (χ1n) is 6.43. The summed E-state index contributed by atoms with van der Waals surface area (Å²) in [6.07, 6.45) is 2.67. The quantitative estimate of drug-likeness (QED) is 0.862. The van der Waals surface area contributed by atoms with Crippen LogP contribution >= 0.6 is 0 Å². The molecule has 5 heteroatoms. The highest BCUT2D eigenvalue weighted by atomic mass is 16.5. The lowest BCUT2D eigenvalue weighted by molar-refractivity contribution is 0.169. The number of benzene rings is 1. The van der Waals surface area contributed by atoms with Crippen molar-refractivity contribution in [3.05, 3.63) is 41.7 Å². The van der Waals surface area contributed by atoms with Crippen LogP contribution in [-0.4, -0.2) is 33.8 Å². The second-order valence-electron chi connectivity index (χ2n) is 4.38. The molecule has 0 saturated heterocycles. The van der Waals surface area contributed by atoms with Crippen molar-refractivity contribution in [1.29, 1.82) is 0 Å². The van der Waals surface area contributed by atoms with Gasteiger partial charge in [0.05, 0.1) is 24.6 Å². The number of aromatic nitrogens is 3. The lowest BCUT2D eigenvalue weighted by Gasteiger charge is -2.08. The van der Waals surface area contributed by atoms with Crippen molar-refractivity contribution in [3.8, 4) is 5.69 Å². The number of hydrogen-bond acceptors (Lipinski definition) is 4. The molecule has 0 fully saturated rings. The smallest absolute Gasteiger partial charge is 0.112 e. The number of hydrogen-bond donors (Lipinski definition) is 1. The highest BCUT2D eigenvalue weighted by Gasteiger charge is 2.12. The van der Waals surface area contributed by atoms with Gasteiger partial charge in [-0.15, -0.1) is 5.10 Å². The van der Waals surface area contributed by atoms with Gasteiger partial charge in [0, 0.05) is 7.11 Å². The zero-order chi connectivity index (χ0) is 13.7. The zero-order valence-corrected chi connectivity index (χ0v) is 11.3. The van der Waals surface area contributed by atoms with E-state index < -0.39 is 6.10 Å². The van der Waals surface area contributed by atoms with Crippen LogP contribution in [0.4, 0.5) is 0 Å². The van der Waals surface area contributed by atoms with Crippen molar-refractivity contribution in [1.82, 2.24) is 15.0 Å². The van der Waals surface area contributed by atoms with Gasteiger partial charge in [0.15, 0.2) is 0 Å². The van der Waals surface area contributed by atoms with Crippen LogP contribution in [0, 0.1) is 0 Å². The average molecular weight is 261 g/mol. The molecule has 19 heavy (non-hydrogen) atoms. The van der Waals surface area contributed by atoms with Gasteiger partial charge >= 0.3 is 0 Å². The molecule has 0 aliphatic heterocycles. The number of methoxy groups -OCH3 is 1. The first kappa shape index (κ1) is 13.7. The minimum Gasteiger partial charge on any atom is -0.387 e. The molecule has 0 aliphatic rings. The molecule has 1 heterocycles. The molecule has 1 atom stereocenters. The van der Waals surface area contributed by atoms with Crippen LogP contribution < -0.4 is 0 Å². The summed E-state index contributed by atoms with van der Waals surface area (Å²) in [5, 5.41) is 17.9. The Morgan fingerprint density at radius 1 is 1.37 bits per heavy atom. The fourth-order valence-electron chi connectivity index (χ4n) is 1.91. The standard InChI is InChI=1S/C14H19N3O2/c1-3-14(18)12-10-17(16-15-12)13-7-5-4-6-11(13)8-9-19-2/h4-7,10,14,18H,3,8-9H2,1-2H3. The van der Waals surface area contributed by atoms with Gasteiger partial charge in [-0.05, 0) is 24.5 Å². The minimum atomic E-state index is -0.556. The van der Waals surface area contributed by atoms with Crippen molar-refractivity contribution in [2.75, 3.05) is 13.7 Å². The average Bonchev–Trinajstić information content (AvgIpc) is 2.94. The SMILES string of the molecule is CCC(O)c1cn(-c2ccccc2CCOC)nn1. The van der Waals surface area contributed by atoms with Crippen molar-refractivity contribution < 1.29 is 9.84 Å². The van der Waals surface area contributed by atoms with E-state index in [2.05, 4.69) is 10.3 Å². The highest BCUT2D eigenvalue weighted by Crippen LogP contribution is 2.17. The van der Waals surface area contributed by atoms with Crippen molar-refractivity contribution >= 4 is 0 Å². The summed E-state index contributed by atoms with van der Waals surface area (Å²) in [5.41, 5.74) is 2.72. The lowest BCUT2D eigenvalue weighted by Crippen LogP contribution is -2.03. The first-order chi connectivity index (χ1) is 9.26. The fourth-order valence-corrected chi connectivity index (χ4v) is 1.91. The summed E-state index contributed by atoms with van der Waals surface area (Å²) in [5.74, 6) is 0. The van der Waals surface area contributed by atoms with E-state index in [1.807, 2.05) is 31.2 Å². The molecule has 0 saturated carbocycles. The van der Waals surface area contributed by atoms with Crippen molar-refractivity contribution in [3.63, 3.8) is 0 Å². The third kappa shape index (κ3) is 3.19. The maximum Gasteiger partial charge on any atom is 0.112 e. The Bertz CT molecular complexity index is 525. The van der Waals surface area contributed by atoms with E-state index >= 15 is 0 Å². The van der Waals surface area contributed by atoms with Gasteiger partial charge in [-0.25, -0.2) is 4.68 Å². The number of nitrogens with zero attached hydrogens (tertiary/aromatic N) is 3. The lowest BCUT2D eigenvalue weighted by atomic mass is 10.1. The third-order valence-electron chi connectivity index (χ3n) is 3.05. The van der Waals surface area contributed by atoms with Crippen LogP contribution in [0.1, 0.15) is 30.7 Å². The van der Waals surface area contributed by atoms with Crippen LogP contribution in [0.2, 0.25) is 0 Å². The first-order valence-corrected chi connectivity index (χ1v) is 6.43. The molecular formula is C14H19N3O2. The van der Waals surface area contributed by atoms with Gasteiger partial charge < -0.3 is 9.84 Å². The van der Waals surface area contributed by atoms with E-state index in [1.165, 1.54) is 0 Å². The molecule has 2 rings (SSSR count). The molecule has 0 aliphatic carbocycles. The summed E-state index contributed by atoms with van der Waals surface area (Å²) in [4.78, 5) is 0. The molecule has 0 radical (unpaired) electrons. The molecular weight excluding hydrogens is 242 g/mol. The maximum absolute atomic E-state index is 9.76. The van der Waals surface area contributed by atoms with Crippen molar-refractivity contribution in [2.45, 2.75) is 25.9 Å². The Hall–Kier alpha value is -1.72. The number of para-hydroxylation sites is 1. The number of rotatable bonds is 6. The van der Waals surface area contributed by atoms with Gasteiger partial charge in [-0.2, -0.15) is 0 Å². The summed E-state index contributed by atoms with van der Waals surface area (Å²) in [6, 6.07) is 7.99. The molecule has 1 N–H and O–H groups in total. The van der Waals surface area contributed by atoms with Crippen LogP contribution in [0.25, 0.3) is 5.69 Å². The Labute approximate surface area is 112 Å². The molecule has 0 spiro atoms. The molecule has 1 aromatic carbocycles. The van der Waals surface area contributed by atoms with E-state index in [4.69, 9.17) is 4.74 Å². The molecule has 102 valence electrons. The monoisotopic (exact) mass is 261 g/mol. The molecule has 2 aromatic rings. The Morgan fingerprint density at radius 3 is 2.89 bits per heavy atom. The molecule has 1 unspecified atom stereocenters. The van der Waals surface area contributed by atoms with Crippen LogP contribution in [0.5, 0.6) is 0 Å². The zero-order valence-electron chi connectivity index (χ0n) is 11.3. The van der Waals surface area contributed by atoms with Crippen LogP contribution in [-0.2, 0) is 11.2 Å². The van der Waals surface area contributed by atoms with Gasteiger partial charge in [0.25, 0.3) is 0 Å². The summed E-state index contributed by atoms with van der Waals surface area (Å²) in [6.45, 7) is 2.58. The van der Waals surface area contributed by atoms with Crippen molar-refractivity contribution in [2.24, 2.45) is 0 Å². The minimum absolute atomic E-state index is 0.556. The van der Waals surface area contributed by atoms with Gasteiger partial charge in [0.1, 0.15) is 5.69 Å². The summed E-state index contributed by atoms with van der Waals surface area (Å²) >= 11 is 0. The van der Waals surface area contributed by atoms with E-state index in [0.717, 1.165) is 17.7 Å².